The number of alkyl halides is 6. The molecule has 3 nitrogen and oxygen atoms in total. The molecule has 0 bridgehead atoms. The van der Waals surface area contributed by atoms with E-state index in [1.54, 1.807) is 0 Å². The molecule has 1 rings (SSSR count). The van der Waals surface area contributed by atoms with Gasteiger partial charge in [-0.15, -0.1) is 13.2 Å². The standard InChI is InChI=1S/C8H2ClF6NO2/c9-6-3(2-17)1-4(18-8(13,14)15)5(16-6)7(10,11)12/h1-2H. The van der Waals surface area contributed by atoms with Gasteiger partial charge < -0.3 is 4.74 Å². The molecule has 1 aromatic rings. The quantitative estimate of drug-likeness (QED) is 0.476. The van der Waals surface area contributed by atoms with Crippen molar-refractivity contribution in [3.63, 3.8) is 0 Å². The molecule has 0 amide bonds. The second kappa shape index (κ2) is 4.63. The maximum absolute atomic E-state index is 12.4. The average Bonchev–Trinajstić information content (AvgIpc) is 2.16. The molecule has 1 aromatic heterocycles. The largest absolute Gasteiger partial charge is 0.573 e. The number of carbonyl (C=O) groups excluding carboxylic acids is 1. The van der Waals surface area contributed by atoms with Crippen molar-refractivity contribution in [3.05, 3.63) is 22.5 Å². The molecular formula is C8H2ClF6NO2. The fourth-order valence-corrected chi connectivity index (χ4v) is 1.16. The Balaban J connectivity index is 3.40. The van der Waals surface area contributed by atoms with E-state index in [2.05, 4.69) is 9.72 Å². The second-order valence-electron chi connectivity index (χ2n) is 2.88. The summed E-state index contributed by atoms with van der Waals surface area (Å²) in [7, 11) is 0. The number of hydrogen-bond acceptors (Lipinski definition) is 3. The van der Waals surface area contributed by atoms with Crippen molar-refractivity contribution in [1.82, 2.24) is 4.98 Å². The molecule has 0 N–H and O–H groups in total. The molecule has 18 heavy (non-hydrogen) atoms. The van der Waals surface area contributed by atoms with Crippen LogP contribution in [-0.2, 0) is 6.18 Å². The molecule has 100 valence electrons. The third kappa shape index (κ3) is 3.49. The van der Waals surface area contributed by atoms with Crippen molar-refractivity contribution in [2.75, 3.05) is 0 Å². The molecule has 0 saturated carbocycles. The molecular weight excluding hydrogens is 292 g/mol. The van der Waals surface area contributed by atoms with Gasteiger partial charge in [-0.3, -0.25) is 4.79 Å². The summed E-state index contributed by atoms with van der Waals surface area (Å²) < 4.78 is 76.0. The molecule has 0 aliphatic heterocycles. The van der Waals surface area contributed by atoms with Gasteiger partial charge in [-0.25, -0.2) is 4.98 Å². The Kier molecular flexibility index (Phi) is 3.75. The molecule has 0 atom stereocenters. The molecule has 0 spiro atoms. The normalized spacial score (nSPS) is 12.4. The first-order valence-corrected chi connectivity index (χ1v) is 4.41. The predicted octanol–water partition coefficient (Wildman–Crippen LogP) is 3.46. The number of aromatic nitrogens is 1. The summed E-state index contributed by atoms with van der Waals surface area (Å²) >= 11 is 5.20. The highest BCUT2D eigenvalue weighted by Crippen LogP contribution is 2.38. The van der Waals surface area contributed by atoms with E-state index in [4.69, 9.17) is 11.6 Å². The zero-order valence-electron chi connectivity index (χ0n) is 8.06. The number of carbonyl (C=O) groups is 1. The first-order valence-electron chi connectivity index (χ1n) is 4.03. The van der Waals surface area contributed by atoms with Crippen molar-refractivity contribution in [3.8, 4) is 5.75 Å². The summed E-state index contributed by atoms with van der Waals surface area (Å²) in [6.45, 7) is 0. The van der Waals surface area contributed by atoms with Crippen LogP contribution in [0, 0.1) is 0 Å². The lowest BCUT2D eigenvalue weighted by molar-refractivity contribution is -0.276. The number of hydrogen-bond donors (Lipinski definition) is 0. The Morgan fingerprint density at radius 2 is 1.78 bits per heavy atom. The Morgan fingerprint density at radius 3 is 2.17 bits per heavy atom. The van der Waals surface area contributed by atoms with Gasteiger partial charge in [-0.1, -0.05) is 11.6 Å². The van der Waals surface area contributed by atoms with Crippen LogP contribution in [0.1, 0.15) is 16.1 Å². The maximum atomic E-state index is 12.4. The molecule has 0 unspecified atom stereocenters. The lowest BCUT2D eigenvalue weighted by atomic mass is 10.2. The Labute approximate surface area is 100 Å². The van der Waals surface area contributed by atoms with Crippen molar-refractivity contribution in [1.29, 1.82) is 0 Å². The van der Waals surface area contributed by atoms with Crippen LogP contribution in [0.3, 0.4) is 0 Å². The Morgan fingerprint density at radius 1 is 1.22 bits per heavy atom. The van der Waals surface area contributed by atoms with E-state index in [1.165, 1.54) is 0 Å². The second-order valence-corrected chi connectivity index (χ2v) is 3.24. The summed E-state index contributed by atoms with van der Waals surface area (Å²) in [5.41, 5.74) is -2.61. The monoisotopic (exact) mass is 293 g/mol. The molecule has 0 aliphatic rings. The van der Waals surface area contributed by atoms with Gasteiger partial charge >= 0.3 is 12.5 Å². The van der Waals surface area contributed by atoms with Crippen LogP contribution in [0.15, 0.2) is 6.07 Å². The van der Waals surface area contributed by atoms with Gasteiger partial charge in [0.15, 0.2) is 17.7 Å². The lowest BCUT2D eigenvalue weighted by Crippen LogP contribution is -2.21. The Bertz CT molecular complexity index is 470. The van der Waals surface area contributed by atoms with E-state index >= 15 is 0 Å². The fourth-order valence-electron chi connectivity index (χ4n) is 0.975. The summed E-state index contributed by atoms with van der Waals surface area (Å²) in [4.78, 5) is 13.0. The van der Waals surface area contributed by atoms with Gasteiger partial charge in [0.05, 0.1) is 5.56 Å². The zero-order chi connectivity index (χ0) is 14.1. The van der Waals surface area contributed by atoms with Crippen LogP contribution in [-0.4, -0.2) is 17.6 Å². The van der Waals surface area contributed by atoms with Crippen LogP contribution >= 0.6 is 11.6 Å². The number of ether oxygens (including phenoxy) is 1. The van der Waals surface area contributed by atoms with Crippen molar-refractivity contribution in [2.45, 2.75) is 12.5 Å². The minimum atomic E-state index is -5.35. The van der Waals surface area contributed by atoms with Gasteiger partial charge in [0.1, 0.15) is 5.15 Å². The number of halogens is 7. The van der Waals surface area contributed by atoms with Gasteiger partial charge in [0, 0.05) is 0 Å². The van der Waals surface area contributed by atoms with E-state index in [9.17, 15) is 31.1 Å². The first-order chi connectivity index (χ1) is 8.04. The summed E-state index contributed by atoms with van der Waals surface area (Å²) in [6, 6.07) is 0.221. The SMILES string of the molecule is O=Cc1cc(OC(F)(F)F)c(C(F)(F)F)nc1Cl. The third-order valence-electron chi connectivity index (χ3n) is 1.59. The van der Waals surface area contributed by atoms with Crippen molar-refractivity contribution >= 4 is 17.9 Å². The van der Waals surface area contributed by atoms with Gasteiger partial charge in [-0.2, -0.15) is 13.2 Å². The van der Waals surface area contributed by atoms with Gasteiger partial charge in [0.25, 0.3) is 0 Å². The molecule has 0 fully saturated rings. The molecule has 0 saturated heterocycles. The van der Waals surface area contributed by atoms with E-state index < -0.39 is 34.7 Å². The fraction of sp³-hybridized carbons (Fsp3) is 0.250. The van der Waals surface area contributed by atoms with Crippen LogP contribution < -0.4 is 4.74 Å². The van der Waals surface area contributed by atoms with Gasteiger partial charge in [-0.05, 0) is 6.07 Å². The van der Waals surface area contributed by atoms with Crippen LogP contribution in [0.2, 0.25) is 5.15 Å². The summed E-state index contributed by atoms with van der Waals surface area (Å²) in [5.74, 6) is -1.64. The number of rotatable bonds is 2. The lowest BCUT2D eigenvalue weighted by Gasteiger charge is -2.15. The molecule has 1 heterocycles. The molecule has 0 aliphatic carbocycles. The van der Waals surface area contributed by atoms with E-state index in [-0.39, 0.29) is 12.4 Å². The Hall–Kier alpha value is -1.51. The molecule has 10 heteroatoms. The van der Waals surface area contributed by atoms with Crippen LogP contribution in [0.4, 0.5) is 26.3 Å². The first kappa shape index (κ1) is 14.6. The number of nitrogens with zero attached hydrogens (tertiary/aromatic N) is 1. The smallest absolute Gasteiger partial charge is 0.403 e. The topological polar surface area (TPSA) is 39.2 Å². The predicted molar refractivity (Wildman–Crippen MR) is 46.3 cm³/mol. The zero-order valence-corrected chi connectivity index (χ0v) is 8.82. The van der Waals surface area contributed by atoms with E-state index in [0.29, 0.717) is 0 Å². The highest BCUT2D eigenvalue weighted by molar-refractivity contribution is 6.31. The van der Waals surface area contributed by atoms with E-state index in [1.807, 2.05) is 0 Å². The highest BCUT2D eigenvalue weighted by atomic mass is 35.5. The summed E-state index contributed by atoms with van der Waals surface area (Å²) in [6.07, 6.45) is -10.6. The number of pyridine rings is 1. The van der Waals surface area contributed by atoms with Crippen molar-refractivity contribution < 1.29 is 35.9 Å². The highest BCUT2D eigenvalue weighted by Gasteiger charge is 2.41. The molecule has 0 radical (unpaired) electrons. The summed E-state index contributed by atoms with van der Waals surface area (Å²) in [5, 5.41) is -0.869. The van der Waals surface area contributed by atoms with E-state index in [0.717, 1.165) is 0 Å². The third-order valence-corrected chi connectivity index (χ3v) is 1.89. The maximum Gasteiger partial charge on any atom is 0.573 e. The molecule has 0 aromatic carbocycles. The minimum absolute atomic E-state index is 0.0429. The minimum Gasteiger partial charge on any atom is -0.403 e. The van der Waals surface area contributed by atoms with Crippen LogP contribution in [0.5, 0.6) is 5.75 Å². The van der Waals surface area contributed by atoms with Crippen molar-refractivity contribution in [2.24, 2.45) is 0 Å². The average molecular weight is 294 g/mol. The van der Waals surface area contributed by atoms with Gasteiger partial charge in [0.2, 0.25) is 0 Å². The van der Waals surface area contributed by atoms with Crippen LogP contribution in [0.25, 0.3) is 0 Å². The number of aldehydes is 1.